The molecular weight excluding hydrogens is 446 g/mol. The molecule has 0 aromatic heterocycles. The average Bonchev–Trinajstić information content (AvgIpc) is 2.84. The lowest BCUT2D eigenvalue weighted by Crippen LogP contribution is -2.53. The smallest absolute Gasteiger partial charge is 0.317 e. The van der Waals surface area contributed by atoms with Gasteiger partial charge in [0.2, 0.25) is 10.0 Å². The fraction of sp³-hybridized carbons (Fsp3) is 0.435. The van der Waals surface area contributed by atoms with E-state index < -0.39 is 10.0 Å². The minimum Gasteiger partial charge on any atom is -0.497 e. The second-order valence-corrected chi connectivity index (χ2v) is 9.49. The summed E-state index contributed by atoms with van der Waals surface area (Å²) >= 11 is 0. The third-order valence-corrected chi connectivity index (χ3v) is 7.44. The number of methoxy groups -OCH3 is 2. The summed E-state index contributed by atoms with van der Waals surface area (Å²) in [6.07, 6.45) is 0. The molecule has 1 N–H and O–H groups in total. The zero-order chi connectivity index (χ0) is 24.0. The molecular formula is C23H31N3O6S. The van der Waals surface area contributed by atoms with E-state index in [2.05, 4.69) is 5.32 Å². The molecule has 0 bridgehead atoms. The summed E-state index contributed by atoms with van der Waals surface area (Å²) in [4.78, 5) is 14.5. The Bertz CT molecular complexity index is 1070. The summed E-state index contributed by atoms with van der Waals surface area (Å²) in [5, 5.41) is 2.98. The number of sulfonamides is 1. The first-order valence-electron chi connectivity index (χ1n) is 10.8. The van der Waals surface area contributed by atoms with E-state index in [-0.39, 0.29) is 48.9 Å². The first kappa shape index (κ1) is 24.7. The van der Waals surface area contributed by atoms with Crippen molar-refractivity contribution in [3.63, 3.8) is 0 Å². The summed E-state index contributed by atoms with van der Waals surface area (Å²) < 4.78 is 43.7. The fourth-order valence-electron chi connectivity index (χ4n) is 3.66. The van der Waals surface area contributed by atoms with Gasteiger partial charge in [-0.2, -0.15) is 4.31 Å². The Morgan fingerprint density at radius 2 is 1.76 bits per heavy atom. The van der Waals surface area contributed by atoms with E-state index in [0.717, 1.165) is 11.3 Å². The Balaban J connectivity index is 1.63. The van der Waals surface area contributed by atoms with Crippen molar-refractivity contribution < 1.29 is 27.4 Å². The highest BCUT2D eigenvalue weighted by molar-refractivity contribution is 7.89. The molecule has 3 rings (SSSR count). The van der Waals surface area contributed by atoms with Crippen molar-refractivity contribution in [1.82, 2.24) is 14.5 Å². The molecule has 9 nitrogen and oxygen atoms in total. The van der Waals surface area contributed by atoms with Crippen molar-refractivity contribution >= 4 is 16.1 Å². The minimum absolute atomic E-state index is 0.0463. The van der Waals surface area contributed by atoms with Gasteiger partial charge in [-0.05, 0) is 43.7 Å². The molecule has 1 heterocycles. The van der Waals surface area contributed by atoms with Crippen LogP contribution < -0.4 is 19.5 Å². The molecule has 1 saturated heterocycles. The van der Waals surface area contributed by atoms with Crippen LogP contribution >= 0.6 is 0 Å². The van der Waals surface area contributed by atoms with Gasteiger partial charge >= 0.3 is 6.03 Å². The number of nitrogens with zero attached hydrogens (tertiary/aromatic N) is 2. The number of benzene rings is 2. The molecule has 1 aliphatic heterocycles. The van der Waals surface area contributed by atoms with E-state index in [1.54, 1.807) is 17.0 Å². The summed E-state index contributed by atoms with van der Waals surface area (Å²) in [6.45, 7) is 5.32. The predicted octanol–water partition coefficient (Wildman–Crippen LogP) is 2.88. The highest BCUT2D eigenvalue weighted by atomic mass is 32.2. The number of rotatable bonds is 8. The maximum absolute atomic E-state index is 13.2. The van der Waals surface area contributed by atoms with Crippen LogP contribution in [0.3, 0.4) is 0 Å². The lowest BCUT2D eigenvalue weighted by molar-refractivity contribution is 0.169. The van der Waals surface area contributed by atoms with Crippen LogP contribution in [-0.4, -0.2) is 70.7 Å². The minimum atomic E-state index is -3.81. The van der Waals surface area contributed by atoms with Crippen molar-refractivity contribution in [1.29, 1.82) is 0 Å². The highest BCUT2D eigenvalue weighted by Gasteiger charge is 2.32. The molecule has 10 heteroatoms. The van der Waals surface area contributed by atoms with Crippen LogP contribution in [-0.2, 0) is 10.0 Å². The van der Waals surface area contributed by atoms with Crippen molar-refractivity contribution in [3.8, 4) is 17.2 Å². The van der Waals surface area contributed by atoms with Crippen LogP contribution in [0.2, 0.25) is 0 Å². The third-order valence-electron chi connectivity index (χ3n) is 5.52. The Kier molecular flexibility index (Phi) is 8.04. The molecule has 1 unspecified atom stereocenters. The second kappa shape index (κ2) is 10.8. The number of carbonyl (C=O) groups is 1. The molecule has 180 valence electrons. The number of amides is 2. The van der Waals surface area contributed by atoms with Crippen LogP contribution in [0, 0.1) is 0 Å². The van der Waals surface area contributed by atoms with Crippen molar-refractivity contribution in [2.75, 3.05) is 47.0 Å². The Hall–Kier alpha value is -2.98. The summed E-state index contributed by atoms with van der Waals surface area (Å²) in [5.74, 6) is 1.43. The van der Waals surface area contributed by atoms with E-state index >= 15 is 0 Å². The van der Waals surface area contributed by atoms with Gasteiger partial charge in [-0.25, -0.2) is 13.2 Å². The molecule has 0 aliphatic carbocycles. The molecule has 2 aromatic rings. The summed E-state index contributed by atoms with van der Waals surface area (Å²) in [7, 11) is -0.906. The zero-order valence-corrected chi connectivity index (χ0v) is 20.2. The van der Waals surface area contributed by atoms with Gasteiger partial charge in [-0.15, -0.1) is 0 Å². The van der Waals surface area contributed by atoms with Crippen molar-refractivity contribution in [2.24, 2.45) is 0 Å². The summed E-state index contributed by atoms with van der Waals surface area (Å²) in [5.41, 5.74) is 0.931. The molecule has 0 radical (unpaired) electrons. The average molecular weight is 478 g/mol. The van der Waals surface area contributed by atoms with Gasteiger partial charge in [0.1, 0.15) is 22.1 Å². The molecule has 1 fully saturated rings. The Labute approximate surface area is 195 Å². The van der Waals surface area contributed by atoms with Crippen LogP contribution in [0.25, 0.3) is 0 Å². The van der Waals surface area contributed by atoms with Gasteiger partial charge in [0.15, 0.2) is 0 Å². The maximum atomic E-state index is 13.2. The van der Waals surface area contributed by atoms with Gasteiger partial charge in [-0.3, -0.25) is 0 Å². The SMILES string of the molecule is CCOc1cccc(C(C)NC(=O)N2CCN(S(=O)(=O)c3cc(OC)ccc3OC)CC2)c1. The molecule has 2 aromatic carbocycles. The van der Waals surface area contributed by atoms with Gasteiger partial charge in [0, 0.05) is 32.2 Å². The quantitative estimate of drug-likeness (QED) is 0.628. The van der Waals surface area contributed by atoms with Gasteiger partial charge in [-0.1, -0.05) is 12.1 Å². The van der Waals surface area contributed by atoms with Crippen LogP contribution in [0.4, 0.5) is 4.79 Å². The molecule has 1 atom stereocenters. The van der Waals surface area contributed by atoms with Crippen molar-refractivity contribution in [2.45, 2.75) is 24.8 Å². The molecule has 0 saturated carbocycles. The van der Waals surface area contributed by atoms with Gasteiger partial charge < -0.3 is 24.4 Å². The van der Waals surface area contributed by atoms with Gasteiger partial charge in [0.05, 0.1) is 26.9 Å². The number of urea groups is 1. The second-order valence-electron chi connectivity index (χ2n) is 7.58. The number of carbonyl (C=O) groups excluding carboxylic acids is 1. The fourth-order valence-corrected chi connectivity index (χ4v) is 5.25. The molecule has 33 heavy (non-hydrogen) atoms. The normalized spacial score (nSPS) is 15.6. The van der Waals surface area contributed by atoms with Crippen LogP contribution in [0.5, 0.6) is 17.2 Å². The molecule has 1 aliphatic rings. The maximum Gasteiger partial charge on any atom is 0.317 e. The lowest BCUT2D eigenvalue weighted by Gasteiger charge is -2.34. The monoisotopic (exact) mass is 477 g/mol. The lowest BCUT2D eigenvalue weighted by atomic mass is 10.1. The van der Waals surface area contributed by atoms with Crippen molar-refractivity contribution in [3.05, 3.63) is 48.0 Å². The van der Waals surface area contributed by atoms with Crippen LogP contribution in [0.1, 0.15) is 25.5 Å². The van der Waals surface area contributed by atoms with E-state index in [1.807, 2.05) is 38.1 Å². The zero-order valence-electron chi connectivity index (χ0n) is 19.4. The van der Waals surface area contributed by atoms with E-state index in [4.69, 9.17) is 14.2 Å². The summed E-state index contributed by atoms with van der Waals surface area (Å²) in [6, 6.07) is 11.8. The standard InChI is InChI=1S/C23H31N3O6S/c1-5-32-20-8-6-7-18(15-20)17(2)24-23(27)25-11-13-26(14-12-25)33(28,29)22-16-19(30-3)9-10-21(22)31-4/h6-10,15-17H,5,11-14H2,1-4H3,(H,24,27). The number of piperazine rings is 1. The van der Waals surface area contributed by atoms with E-state index in [9.17, 15) is 13.2 Å². The van der Waals surface area contributed by atoms with E-state index in [1.165, 1.54) is 24.6 Å². The van der Waals surface area contributed by atoms with E-state index in [0.29, 0.717) is 12.4 Å². The Morgan fingerprint density at radius 3 is 2.39 bits per heavy atom. The first-order valence-corrected chi connectivity index (χ1v) is 12.2. The topological polar surface area (TPSA) is 97.4 Å². The molecule has 2 amide bonds. The third kappa shape index (κ3) is 5.69. The van der Waals surface area contributed by atoms with Crippen LogP contribution in [0.15, 0.2) is 47.4 Å². The predicted molar refractivity (Wildman–Crippen MR) is 124 cm³/mol. The largest absolute Gasteiger partial charge is 0.497 e. The number of hydrogen-bond donors (Lipinski definition) is 1. The van der Waals surface area contributed by atoms with Gasteiger partial charge in [0.25, 0.3) is 0 Å². The number of ether oxygens (including phenoxy) is 3. The molecule has 0 spiro atoms. The highest BCUT2D eigenvalue weighted by Crippen LogP contribution is 2.31. The number of nitrogens with one attached hydrogen (secondary N) is 1. The number of hydrogen-bond acceptors (Lipinski definition) is 6. The first-order chi connectivity index (χ1) is 15.8. The Morgan fingerprint density at radius 1 is 1.03 bits per heavy atom.